The van der Waals surface area contributed by atoms with Gasteiger partial charge in [0, 0.05) is 25.2 Å². The van der Waals surface area contributed by atoms with Gasteiger partial charge in [-0.2, -0.15) is 4.98 Å². The maximum absolute atomic E-state index is 12.5. The average Bonchev–Trinajstić information content (AvgIpc) is 3.16. The molecule has 26 heavy (non-hydrogen) atoms. The van der Waals surface area contributed by atoms with Crippen LogP contribution in [0.3, 0.4) is 0 Å². The highest BCUT2D eigenvalue weighted by Crippen LogP contribution is 2.20. The third-order valence-corrected chi connectivity index (χ3v) is 4.08. The van der Waals surface area contributed by atoms with Gasteiger partial charge in [-0.25, -0.2) is 4.79 Å². The number of aromatic nitrogens is 3. The number of rotatable bonds is 5. The number of hydrogen-bond acceptors (Lipinski definition) is 7. The molecule has 1 aliphatic heterocycles. The lowest BCUT2D eigenvalue weighted by Crippen LogP contribution is -2.47. The Kier molecular flexibility index (Phi) is 5.20. The first-order valence-electron chi connectivity index (χ1n) is 8.15. The van der Waals surface area contributed by atoms with E-state index in [9.17, 15) is 14.4 Å². The van der Waals surface area contributed by atoms with E-state index in [1.807, 2.05) is 0 Å². The Labute approximate surface area is 148 Å². The van der Waals surface area contributed by atoms with Crippen LogP contribution in [0, 0.1) is 5.92 Å². The molecule has 0 bridgehead atoms. The Bertz CT molecular complexity index is 806. The minimum atomic E-state index is -0.807. The number of ketones is 1. The number of Topliss-reactive ketones (excluding diaryl/α,β-unsaturated/α-hetero) is 1. The molecule has 0 radical (unpaired) electrons. The normalized spacial score (nSPS) is 16.9. The van der Waals surface area contributed by atoms with Crippen LogP contribution in [0.25, 0.3) is 0 Å². The van der Waals surface area contributed by atoms with Crippen molar-refractivity contribution in [3.8, 4) is 0 Å². The Morgan fingerprint density at radius 3 is 2.88 bits per heavy atom. The van der Waals surface area contributed by atoms with Crippen LogP contribution in [-0.2, 0) is 6.54 Å². The molecule has 3 amide bonds. The molecule has 1 fully saturated rings. The molecule has 3 heterocycles. The first-order valence-corrected chi connectivity index (χ1v) is 8.15. The molecular formula is C16H18N6O4. The fraction of sp³-hybridized carbons (Fsp3) is 0.375. The number of piperidine rings is 1. The number of hydrogen-bond donors (Lipinski definition) is 2. The molecule has 3 rings (SSSR count). The summed E-state index contributed by atoms with van der Waals surface area (Å²) in [5.41, 5.74) is 5.44. The van der Waals surface area contributed by atoms with Crippen molar-refractivity contribution in [3.05, 3.63) is 41.8 Å². The summed E-state index contributed by atoms with van der Waals surface area (Å²) in [7, 11) is 0. The van der Waals surface area contributed by atoms with Gasteiger partial charge in [0.25, 0.3) is 11.7 Å². The van der Waals surface area contributed by atoms with E-state index in [1.165, 1.54) is 0 Å². The molecule has 2 aromatic heterocycles. The standard InChI is InChI=1S/C16H18N6O4/c17-14(24)15-20-12(26-21-15)8-19-16(25)22-7-3-4-10(9-22)13(23)11-5-1-2-6-18-11/h1-2,5-6,10H,3-4,7-9H2,(H2,17,24)(H,19,25)/t10-/m0/s1. The van der Waals surface area contributed by atoms with Gasteiger partial charge in [-0.3, -0.25) is 14.6 Å². The van der Waals surface area contributed by atoms with E-state index < -0.39 is 5.91 Å². The number of nitrogens with two attached hydrogens (primary N) is 1. The van der Waals surface area contributed by atoms with Crippen LogP contribution < -0.4 is 11.1 Å². The van der Waals surface area contributed by atoms with Crippen molar-refractivity contribution in [1.29, 1.82) is 0 Å². The lowest BCUT2D eigenvalue weighted by molar-refractivity contribution is 0.0839. The van der Waals surface area contributed by atoms with Crippen molar-refractivity contribution in [2.45, 2.75) is 19.4 Å². The molecule has 10 heteroatoms. The van der Waals surface area contributed by atoms with E-state index in [1.54, 1.807) is 29.3 Å². The maximum atomic E-state index is 12.5. The van der Waals surface area contributed by atoms with Crippen LogP contribution in [0.15, 0.2) is 28.9 Å². The summed E-state index contributed by atoms with van der Waals surface area (Å²) in [5, 5.41) is 6.03. The lowest BCUT2D eigenvalue weighted by Gasteiger charge is -2.31. The molecule has 2 aromatic rings. The predicted molar refractivity (Wildman–Crippen MR) is 87.9 cm³/mol. The van der Waals surface area contributed by atoms with Crippen molar-refractivity contribution in [2.75, 3.05) is 13.1 Å². The largest absolute Gasteiger partial charge is 0.363 e. The zero-order valence-corrected chi connectivity index (χ0v) is 13.9. The lowest BCUT2D eigenvalue weighted by atomic mass is 9.92. The van der Waals surface area contributed by atoms with Crippen molar-refractivity contribution in [2.24, 2.45) is 11.7 Å². The highest BCUT2D eigenvalue weighted by atomic mass is 16.5. The quantitative estimate of drug-likeness (QED) is 0.734. The number of carbonyl (C=O) groups excluding carboxylic acids is 3. The van der Waals surface area contributed by atoms with Gasteiger partial charge in [-0.1, -0.05) is 11.2 Å². The topological polar surface area (TPSA) is 144 Å². The summed E-state index contributed by atoms with van der Waals surface area (Å²) in [5.74, 6) is -1.32. The first-order chi connectivity index (χ1) is 12.5. The third-order valence-electron chi connectivity index (χ3n) is 4.08. The van der Waals surface area contributed by atoms with Gasteiger partial charge >= 0.3 is 6.03 Å². The van der Waals surface area contributed by atoms with E-state index in [0.29, 0.717) is 25.2 Å². The summed E-state index contributed by atoms with van der Waals surface area (Å²) in [4.78, 5) is 45.2. The van der Waals surface area contributed by atoms with Gasteiger partial charge in [0.15, 0.2) is 5.78 Å². The molecule has 0 aromatic carbocycles. The second-order valence-electron chi connectivity index (χ2n) is 5.90. The second-order valence-corrected chi connectivity index (χ2v) is 5.90. The number of pyridine rings is 1. The molecule has 0 spiro atoms. The number of urea groups is 1. The molecule has 0 unspecified atom stereocenters. The van der Waals surface area contributed by atoms with E-state index >= 15 is 0 Å². The Morgan fingerprint density at radius 2 is 2.19 bits per heavy atom. The molecule has 1 atom stereocenters. The Hall–Kier alpha value is -3.30. The van der Waals surface area contributed by atoms with Gasteiger partial charge < -0.3 is 20.5 Å². The SMILES string of the molecule is NC(=O)c1noc(CNC(=O)N2CCC[C@H](C(=O)c3ccccn3)C2)n1. The Balaban J connectivity index is 1.55. The third kappa shape index (κ3) is 4.02. The number of likely N-dealkylation sites (tertiary alicyclic amines) is 1. The zero-order valence-electron chi connectivity index (χ0n) is 13.9. The fourth-order valence-corrected chi connectivity index (χ4v) is 2.78. The van der Waals surface area contributed by atoms with E-state index in [-0.39, 0.29) is 36.0 Å². The van der Waals surface area contributed by atoms with Crippen LogP contribution in [0.1, 0.15) is 39.8 Å². The van der Waals surface area contributed by atoms with Crippen molar-refractivity contribution in [3.63, 3.8) is 0 Å². The number of primary amides is 1. The molecule has 1 saturated heterocycles. The predicted octanol–water partition coefficient (Wildman–Crippen LogP) is 0.368. The average molecular weight is 358 g/mol. The molecule has 0 aliphatic carbocycles. The van der Waals surface area contributed by atoms with E-state index in [4.69, 9.17) is 10.3 Å². The van der Waals surface area contributed by atoms with Crippen LogP contribution >= 0.6 is 0 Å². The van der Waals surface area contributed by atoms with Crippen molar-refractivity contribution in [1.82, 2.24) is 25.3 Å². The number of carbonyl (C=O) groups is 3. The summed E-state index contributed by atoms with van der Waals surface area (Å²) in [6.45, 7) is 0.834. The van der Waals surface area contributed by atoms with E-state index in [0.717, 1.165) is 6.42 Å². The summed E-state index contributed by atoms with van der Waals surface area (Å²) < 4.78 is 4.82. The van der Waals surface area contributed by atoms with Gasteiger partial charge in [-0.05, 0) is 25.0 Å². The first kappa shape index (κ1) is 17.5. The van der Waals surface area contributed by atoms with Crippen LogP contribution in [0.2, 0.25) is 0 Å². The number of amides is 3. The number of nitrogens with one attached hydrogen (secondary N) is 1. The second kappa shape index (κ2) is 7.72. The highest BCUT2D eigenvalue weighted by Gasteiger charge is 2.29. The van der Waals surface area contributed by atoms with E-state index in [2.05, 4.69) is 20.4 Å². The molecule has 10 nitrogen and oxygen atoms in total. The summed E-state index contributed by atoms with van der Waals surface area (Å²) in [6, 6.07) is 4.84. The van der Waals surface area contributed by atoms with Crippen LogP contribution in [-0.4, -0.2) is 50.8 Å². The van der Waals surface area contributed by atoms with Gasteiger partial charge in [0.05, 0.1) is 6.54 Å². The fourth-order valence-electron chi connectivity index (χ4n) is 2.78. The van der Waals surface area contributed by atoms with Crippen LogP contribution in [0.4, 0.5) is 4.79 Å². The minimum absolute atomic E-state index is 0.0333. The monoisotopic (exact) mass is 358 g/mol. The van der Waals surface area contributed by atoms with Crippen LogP contribution in [0.5, 0.6) is 0 Å². The van der Waals surface area contributed by atoms with Gasteiger partial charge in [0.1, 0.15) is 5.69 Å². The molecule has 1 aliphatic rings. The smallest absolute Gasteiger partial charge is 0.317 e. The van der Waals surface area contributed by atoms with Gasteiger partial charge in [-0.15, -0.1) is 0 Å². The summed E-state index contributed by atoms with van der Waals surface area (Å²) >= 11 is 0. The zero-order chi connectivity index (χ0) is 18.5. The molecule has 0 saturated carbocycles. The molecular weight excluding hydrogens is 340 g/mol. The highest BCUT2D eigenvalue weighted by molar-refractivity contribution is 5.96. The minimum Gasteiger partial charge on any atom is -0.363 e. The van der Waals surface area contributed by atoms with Gasteiger partial charge in [0.2, 0.25) is 5.89 Å². The van der Waals surface area contributed by atoms with Crippen molar-refractivity contribution < 1.29 is 18.9 Å². The molecule has 136 valence electrons. The number of nitrogens with zero attached hydrogens (tertiary/aromatic N) is 4. The molecule has 3 N–H and O–H groups in total. The van der Waals surface area contributed by atoms with Crippen molar-refractivity contribution >= 4 is 17.7 Å². The Morgan fingerprint density at radius 1 is 1.35 bits per heavy atom. The maximum Gasteiger partial charge on any atom is 0.317 e. The summed E-state index contributed by atoms with van der Waals surface area (Å²) in [6.07, 6.45) is 3.01.